The van der Waals surface area contributed by atoms with Gasteiger partial charge in [0.25, 0.3) is 0 Å². The van der Waals surface area contributed by atoms with Crippen molar-refractivity contribution in [2.24, 2.45) is 0 Å². The molecule has 0 aliphatic carbocycles. The van der Waals surface area contributed by atoms with E-state index in [4.69, 9.17) is 9.47 Å². The predicted octanol–water partition coefficient (Wildman–Crippen LogP) is 1.84. The van der Waals surface area contributed by atoms with Crippen molar-refractivity contribution in [3.63, 3.8) is 0 Å². The molecule has 0 aliphatic heterocycles. The van der Waals surface area contributed by atoms with Gasteiger partial charge in [-0.15, -0.1) is 0 Å². The van der Waals surface area contributed by atoms with Gasteiger partial charge in [0.2, 0.25) is 0 Å². The molecule has 0 aliphatic rings. The molecular formula is C13H16O5. The van der Waals surface area contributed by atoms with Gasteiger partial charge in [-0.1, -0.05) is 6.92 Å². The molecule has 0 amide bonds. The molecule has 0 radical (unpaired) electrons. The molecule has 0 bridgehead atoms. The maximum absolute atomic E-state index is 11.3. The Morgan fingerprint density at radius 1 is 1.17 bits per heavy atom. The van der Waals surface area contributed by atoms with Crippen LogP contribution in [0.5, 0.6) is 11.5 Å². The van der Waals surface area contributed by atoms with Crippen molar-refractivity contribution in [2.45, 2.75) is 13.3 Å². The molecule has 98 valence electrons. The van der Waals surface area contributed by atoms with Crippen LogP contribution in [0.15, 0.2) is 18.2 Å². The number of methoxy groups -OCH3 is 2. The topological polar surface area (TPSA) is 61.8 Å². The lowest BCUT2D eigenvalue weighted by Gasteiger charge is -2.10. The van der Waals surface area contributed by atoms with Gasteiger partial charge in [0, 0.05) is 6.42 Å². The maximum Gasteiger partial charge on any atom is 0.337 e. The van der Waals surface area contributed by atoms with Crippen molar-refractivity contribution in [2.75, 3.05) is 20.8 Å². The van der Waals surface area contributed by atoms with E-state index < -0.39 is 5.97 Å². The highest BCUT2D eigenvalue weighted by Crippen LogP contribution is 2.28. The Kier molecular flexibility index (Phi) is 5.17. The number of carbonyl (C=O) groups is 2. The predicted molar refractivity (Wildman–Crippen MR) is 65.1 cm³/mol. The third kappa shape index (κ3) is 3.48. The second-order valence-electron chi connectivity index (χ2n) is 3.54. The largest absolute Gasteiger partial charge is 0.493 e. The van der Waals surface area contributed by atoms with Gasteiger partial charge in [0.05, 0.1) is 19.8 Å². The molecule has 0 spiro atoms. The zero-order valence-corrected chi connectivity index (χ0v) is 10.7. The molecule has 1 rings (SSSR count). The summed E-state index contributed by atoms with van der Waals surface area (Å²) in [7, 11) is 2.77. The van der Waals surface area contributed by atoms with E-state index in [-0.39, 0.29) is 12.4 Å². The molecule has 1 aromatic carbocycles. The molecule has 0 aromatic heterocycles. The maximum atomic E-state index is 11.3. The summed E-state index contributed by atoms with van der Waals surface area (Å²) in [5, 5.41) is 0. The van der Waals surface area contributed by atoms with Gasteiger partial charge in [-0.25, -0.2) is 4.79 Å². The third-order valence-electron chi connectivity index (χ3n) is 2.37. The van der Waals surface area contributed by atoms with Gasteiger partial charge in [-0.3, -0.25) is 4.79 Å². The number of rotatable bonds is 6. The minimum atomic E-state index is -0.454. The number of Topliss-reactive ketones (excluding diaryl/α,β-unsaturated/α-hetero) is 1. The minimum Gasteiger partial charge on any atom is -0.493 e. The van der Waals surface area contributed by atoms with Crippen molar-refractivity contribution in [1.29, 1.82) is 0 Å². The molecule has 5 nitrogen and oxygen atoms in total. The van der Waals surface area contributed by atoms with Crippen LogP contribution < -0.4 is 9.47 Å². The molecule has 0 saturated heterocycles. The Morgan fingerprint density at radius 2 is 1.89 bits per heavy atom. The van der Waals surface area contributed by atoms with E-state index in [1.807, 2.05) is 0 Å². The van der Waals surface area contributed by atoms with E-state index >= 15 is 0 Å². The standard InChI is InChI=1S/C13H16O5/c1-4-10(14)8-18-11-6-5-9(13(15)17-3)7-12(11)16-2/h5-7H,4,8H2,1-3H3. The lowest BCUT2D eigenvalue weighted by molar-refractivity contribution is -0.120. The number of carbonyl (C=O) groups excluding carboxylic acids is 2. The van der Waals surface area contributed by atoms with Gasteiger partial charge < -0.3 is 14.2 Å². The molecule has 0 N–H and O–H groups in total. The lowest BCUT2D eigenvalue weighted by atomic mass is 10.2. The van der Waals surface area contributed by atoms with Crippen LogP contribution in [0.25, 0.3) is 0 Å². The van der Waals surface area contributed by atoms with Crippen molar-refractivity contribution >= 4 is 11.8 Å². The van der Waals surface area contributed by atoms with E-state index in [0.717, 1.165) is 0 Å². The fourth-order valence-electron chi connectivity index (χ4n) is 1.29. The third-order valence-corrected chi connectivity index (χ3v) is 2.37. The van der Waals surface area contributed by atoms with Crippen LogP contribution in [0.1, 0.15) is 23.7 Å². The molecule has 0 atom stereocenters. The average Bonchev–Trinajstić information content (AvgIpc) is 2.43. The first-order valence-electron chi connectivity index (χ1n) is 5.53. The number of ether oxygens (including phenoxy) is 3. The Balaban J connectivity index is 2.86. The zero-order valence-electron chi connectivity index (χ0n) is 10.7. The van der Waals surface area contributed by atoms with Crippen LogP contribution in [0, 0.1) is 0 Å². The monoisotopic (exact) mass is 252 g/mol. The van der Waals surface area contributed by atoms with E-state index in [0.29, 0.717) is 23.5 Å². The Morgan fingerprint density at radius 3 is 2.44 bits per heavy atom. The Bertz CT molecular complexity index is 439. The molecule has 1 aromatic rings. The fraction of sp³-hybridized carbons (Fsp3) is 0.385. The molecular weight excluding hydrogens is 236 g/mol. The van der Waals surface area contributed by atoms with Gasteiger partial charge >= 0.3 is 5.97 Å². The normalized spacial score (nSPS) is 9.72. The highest BCUT2D eigenvalue weighted by Gasteiger charge is 2.12. The number of ketones is 1. The number of esters is 1. The number of hydrogen-bond donors (Lipinski definition) is 0. The Labute approximate surface area is 106 Å². The highest BCUT2D eigenvalue weighted by molar-refractivity contribution is 5.90. The van der Waals surface area contributed by atoms with E-state index in [1.165, 1.54) is 20.3 Å². The molecule has 18 heavy (non-hydrogen) atoms. The van der Waals surface area contributed by atoms with Gasteiger partial charge in [-0.2, -0.15) is 0 Å². The van der Waals surface area contributed by atoms with E-state index in [1.54, 1.807) is 19.1 Å². The SMILES string of the molecule is CCC(=O)COc1ccc(C(=O)OC)cc1OC. The summed E-state index contributed by atoms with van der Waals surface area (Å²) in [6.45, 7) is 1.76. The summed E-state index contributed by atoms with van der Waals surface area (Å²) in [6.07, 6.45) is 0.419. The minimum absolute atomic E-state index is 0.00547. The van der Waals surface area contributed by atoms with Crippen LogP contribution in [0.3, 0.4) is 0 Å². The first-order chi connectivity index (χ1) is 8.62. The zero-order chi connectivity index (χ0) is 13.5. The molecule has 0 heterocycles. The first-order valence-corrected chi connectivity index (χ1v) is 5.53. The first kappa shape index (κ1) is 14.0. The molecule has 5 heteroatoms. The van der Waals surface area contributed by atoms with Gasteiger partial charge in [0.1, 0.15) is 6.61 Å². The average molecular weight is 252 g/mol. The van der Waals surface area contributed by atoms with Crippen molar-refractivity contribution in [1.82, 2.24) is 0 Å². The summed E-state index contributed by atoms with van der Waals surface area (Å²) in [5.74, 6) is 0.354. The molecule has 0 fully saturated rings. The summed E-state index contributed by atoms with van der Waals surface area (Å²) < 4.78 is 15.0. The van der Waals surface area contributed by atoms with Crippen LogP contribution in [-0.4, -0.2) is 32.6 Å². The summed E-state index contributed by atoms with van der Waals surface area (Å²) in [4.78, 5) is 22.5. The quantitative estimate of drug-likeness (QED) is 0.723. The van der Waals surface area contributed by atoms with Crippen LogP contribution in [0.2, 0.25) is 0 Å². The molecule has 0 unspecified atom stereocenters. The smallest absolute Gasteiger partial charge is 0.337 e. The summed E-state index contributed by atoms with van der Waals surface area (Å²) >= 11 is 0. The van der Waals surface area contributed by atoms with Crippen molar-refractivity contribution < 1.29 is 23.8 Å². The van der Waals surface area contributed by atoms with Crippen molar-refractivity contribution in [3.8, 4) is 11.5 Å². The van der Waals surface area contributed by atoms with Gasteiger partial charge in [0.15, 0.2) is 17.3 Å². The second kappa shape index (κ2) is 6.64. The summed E-state index contributed by atoms with van der Waals surface area (Å²) in [6, 6.07) is 4.64. The number of benzene rings is 1. The number of hydrogen-bond acceptors (Lipinski definition) is 5. The van der Waals surface area contributed by atoms with Crippen LogP contribution >= 0.6 is 0 Å². The Hall–Kier alpha value is -2.04. The second-order valence-corrected chi connectivity index (χ2v) is 3.54. The van der Waals surface area contributed by atoms with Crippen LogP contribution in [-0.2, 0) is 9.53 Å². The van der Waals surface area contributed by atoms with Gasteiger partial charge in [-0.05, 0) is 18.2 Å². The van der Waals surface area contributed by atoms with E-state index in [2.05, 4.69) is 4.74 Å². The summed E-state index contributed by atoms with van der Waals surface area (Å²) in [5.41, 5.74) is 0.364. The van der Waals surface area contributed by atoms with Crippen molar-refractivity contribution in [3.05, 3.63) is 23.8 Å². The lowest BCUT2D eigenvalue weighted by Crippen LogP contribution is -2.10. The fourth-order valence-corrected chi connectivity index (χ4v) is 1.29. The highest BCUT2D eigenvalue weighted by atomic mass is 16.5. The van der Waals surface area contributed by atoms with E-state index in [9.17, 15) is 9.59 Å². The van der Waals surface area contributed by atoms with Crippen LogP contribution in [0.4, 0.5) is 0 Å². The molecule has 0 saturated carbocycles.